The largest absolute Gasteiger partial charge is 0.374 e. The number of piperazine rings is 1. The number of nitrogens with zero attached hydrogens (tertiary/aromatic N) is 4. The lowest BCUT2D eigenvalue weighted by Gasteiger charge is -2.33. The Hall–Kier alpha value is -2.83. The first-order valence-corrected chi connectivity index (χ1v) is 7.56. The SMILES string of the molecule is CCN1CCN(/C=C(/C#N)C(=O)Nc2ccccc2C#N)CC1. The molecule has 0 radical (unpaired) electrons. The molecule has 1 heterocycles. The van der Waals surface area contributed by atoms with Gasteiger partial charge in [-0.1, -0.05) is 19.1 Å². The van der Waals surface area contributed by atoms with E-state index in [1.54, 1.807) is 30.5 Å². The minimum atomic E-state index is -0.492. The number of likely N-dealkylation sites (N-methyl/N-ethyl adjacent to an activating group) is 1. The van der Waals surface area contributed by atoms with Gasteiger partial charge in [-0.3, -0.25) is 4.79 Å². The Balaban J connectivity index is 2.06. The second-order valence-electron chi connectivity index (χ2n) is 5.24. The molecule has 0 aliphatic carbocycles. The van der Waals surface area contributed by atoms with Crippen LogP contribution in [0.4, 0.5) is 5.69 Å². The number of rotatable bonds is 4. The third-order valence-electron chi connectivity index (χ3n) is 3.83. The van der Waals surface area contributed by atoms with Gasteiger partial charge < -0.3 is 15.1 Å². The summed E-state index contributed by atoms with van der Waals surface area (Å²) in [7, 11) is 0. The zero-order valence-electron chi connectivity index (χ0n) is 13.1. The number of amides is 1. The van der Waals surface area contributed by atoms with Crippen molar-refractivity contribution in [3.63, 3.8) is 0 Å². The standard InChI is InChI=1S/C17H19N5O/c1-2-21-7-9-22(10-8-21)13-15(12-19)17(23)20-16-6-4-3-5-14(16)11-18/h3-6,13H,2,7-10H2,1H3,(H,20,23)/b15-13-. The Kier molecular flexibility index (Phi) is 5.74. The molecule has 1 N–H and O–H groups in total. The summed E-state index contributed by atoms with van der Waals surface area (Å²) in [5, 5.41) is 20.9. The maximum absolute atomic E-state index is 12.3. The minimum absolute atomic E-state index is 0.0442. The lowest BCUT2D eigenvalue weighted by atomic mass is 10.2. The second kappa shape index (κ2) is 7.98. The number of carbonyl (C=O) groups excluding carboxylic acids is 1. The van der Waals surface area contributed by atoms with Crippen LogP contribution in [0.15, 0.2) is 36.0 Å². The van der Waals surface area contributed by atoms with Crippen LogP contribution in [0.5, 0.6) is 0 Å². The highest BCUT2D eigenvalue weighted by atomic mass is 16.1. The van der Waals surface area contributed by atoms with E-state index in [4.69, 9.17) is 5.26 Å². The van der Waals surface area contributed by atoms with E-state index in [0.717, 1.165) is 32.7 Å². The van der Waals surface area contributed by atoms with Crippen molar-refractivity contribution in [3.05, 3.63) is 41.6 Å². The normalized spacial score (nSPS) is 15.6. The van der Waals surface area contributed by atoms with E-state index in [-0.39, 0.29) is 5.57 Å². The van der Waals surface area contributed by atoms with Gasteiger partial charge in [0.05, 0.1) is 11.3 Å². The highest BCUT2D eigenvalue weighted by Crippen LogP contribution is 2.15. The average molecular weight is 309 g/mol. The third kappa shape index (κ3) is 4.32. The molecule has 0 aromatic heterocycles. The van der Waals surface area contributed by atoms with Crippen molar-refractivity contribution in [2.45, 2.75) is 6.92 Å². The Labute approximate surface area is 136 Å². The van der Waals surface area contributed by atoms with E-state index in [1.165, 1.54) is 0 Å². The van der Waals surface area contributed by atoms with Crippen molar-refractivity contribution in [3.8, 4) is 12.1 Å². The van der Waals surface area contributed by atoms with Crippen LogP contribution >= 0.6 is 0 Å². The molecule has 0 unspecified atom stereocenters. The average Bonchev–Trinajstić information content (AvgIpc) is 2.60. The van der Waals surface area contributed by atoms with Crippen LogP contribution in [-0.2, 0) is 4.79 Å². The van der Waals surface area contributed by atoms with Crippen molar-refractivity contribution in [1.29, 1.82) is 10.5 Å². The monoisotopic (exact) mass is 309 g/mol. The number of nitrogens with one attached hydrogen (secondary N) is 1. The predicted octanol–water partition coefficient (Wildman–Crippen LogP) is 1.54. The molecule has 1 aromatic carbocycles. The minimum Gasteiger partial charge on any atom is -0.374 e. The van der Waals surface area contributed by atoms with Crippen molar-refractivity contribution in [1.82, 2.24) is 9.80 Å². The molecule has 1 fully saturated rings. The molecule has 1 aliphatic heterocycles. The van der Waals surface area contributed by atoms with E-state index in [2.05, 4.69) is 17.1 Å². The first-order valence-electron chi connectivity index (χ1n) is 7.56. The molecule has 6 nitrogen and oxygen atoms in total. The molecule has 1 amide bonds. The number of hydrogen-bond donors (Lipinski definition) is 1. The van der Waals surface area contributed by atoms with Crippen LogP contribution < -0.4 is 5.32 Å². The Morgan fingerprint density at radius 3 is 2.57 bits per heavy atom. The number of carbonyl (C=O) groups is 1. The summed E-state index contributed by atoms with van der Waals surface area (Å²) in [4.78, 5) is 16.6. The summed E-state index contributed by atoms with van der Waals surface area (Å²) in [5.41, 5.74) is 0.828. The molecule has 0 atom stereocenters. The zero-order valence-corrected chi connectivity index (χ0v) is 13.1. The fraction of sp³-hybridized carbons (Fsp3) is 0.353. The van der Waals surface area contributed by atoms with Gasteiger partial charge in [-0.05, 0) is 18.7 Å². The molecule has 0 bridgehead atoms. The summed E-state index contributed by atoms with van der Waals surface area (Å²) in [6, 6.07) is 10.7. The van der Waals surface area contributed by atoms with Crippen LogP contribution in [0.1, 0.15) is 12.5 Å². The highest BCUT2D eigenvalue weighted by molar-refractivity contribution is 6.07. The van der Waals surface area contributed by atoms with Crippen LogP contribution in [0.2, 0.25) is 0 Å². The van der Waals surface area contributed by atoms with E-state index >= 15 is 0 Å². The highest BCUT2D eigenvalue weighted by Gasteiger charge is 2.17. The molecule has 118 valence electrons. The molecular weight excluding hydrogens is 290 g/mol. The maximum Gasteiger partial charge on any atom is 0.267 e. The van der Waals surface area contributed by atoms with Gasteiger partial charge in [-0.2, -0.15) is 10.5 Å². The summed E-state index contributed by atoms with van der Waals surface area (Å²) in [5.74, 6) is -0.492. The van der Waals surface area contributed by atoms with E-state index in [9.17, 15) is 10.1 Å². The van der Waals surface area contributed by atoms with Crippen LogP contribution in [0, 0.1) is 22.7 Å². The van der Waals surface area contributed by atoms with Crippen LogP contribution in [0.25, 0.3) is 0 Å². The first-order chi connectivity index (χ1) is 11.2. The number of hydrogen-bond acceptors (Lipinski definition) is 5. The Bertz CT molecular complexity index is 675. The number of nitriles is 2. The third-order valence-corrected chi connectivity index (χ3v) is 3.83. The molecule has 1 aliphatic rings. The predicted molar refractivity (Wildman–Crippen MR) is 87.2 cm³/mol. The molecule has 6 heteroatoms. The van der Waals surface area contributed by atoms with Crippen LogP contribution in [-0.4, -0.2) is 48.4 Å². The van der Waals surface area contributed by atoms with Gasteiger partial charge in [-0.25, -0.2) is 0 Å². The summed E-state index contributed by atoms with van der Waals surface area (Å²) >= 11 is 0. The summed E-state index contributed by atoms with van der Waals surface area (Å²) in [6.07, 6.45) is 1.61. The van der Waals surface area contributed by atoms with Gasteiger partial charge in [0.2, 0.25) is 0 Å². The molecule has 0 saturated carbocycles. The number of anilines is 1. The molecular formula is C17H19N5O. The van der Waals surface area contributed by atoms with Crippen LogP contribution in [0.3, 0.4) is 0 Å². The number of para-hydroxylation sites is 1. The van der Waals surface area contributed by atoms with Crippen molar-refractivity contribution in [2.24, 2.45) is 0 Å². The van der Waals surface area contributed by atoms with Crippen molar-refractivity contribution in [2.75, 3.05) is 38.0 Å². The molecule has 1 aromatic rings. The number of benzene rings is 1. The van der Waals surface area contributed by atoms with Gasteiger partial charge in [0.25, 0.3) is 5.91 Å². The van der Waals surface area contributed by atoms with Crippen molar-refractivity contribution < 1.29 is 4.79 Å². The quantitative estimate of drug-likeness (QED) is 0.674. The molecule has 23 heavy (non-hydrogen) atoms. The Morgan fingerprint density at radius 2 is 1.96 bits per heavy atom. The van der Waals surface area contributed by atoms with Gasteiger partial charge in [0.1, 0.15) is 17.7 Å². The van der Waals surface area contributed by atoms with E-state index in [1.807, 2.05) is 17.0 Å². The van der Waals surface area contributed by atoms with Crippen molar-refractivity contribution >= 4 is 11.6 Å². The molecule has 2 rings (SSSR count). The smallest absolute Gasteiger partial charge is 0.267 e. The first kappa shape index (κ1) is 16.5. The fourth-order valence-electron chi connectivity index (χ4n) is 2.41. The topological polar surface area (TPSA) is 83.2 Å². The van der Waals surface area contributed by atoms with Gasteiger partial charge in [-0.15, -0.1) is 0 Å². The zero-order chi connectivity index (χ0) is 16.7. The molecule has 1 saturated heterocycles. The Morgan fingerprint density at radius 1 is 1.26 bits per heavy atom. The van der Waals surface area contributed by atoms with Gasteiger partial charge in [0.15, 0.2) is 0 Å². The lowest BCUT2D eigenvalue weighted by Crippen LogP contribution is -2.44. The maximum atomic E-state index is 12.3. The second-order valence-corrected chi connectivity index (χ2v) is 5.24. The van der Waals surface area contributed by atoms with E-state index < -0.39 is 5.91 Å². The van der Waals surface area contributed by atoms with Gasteiger partial charge in [0, 0.05) is 32.4 Å². The fourth-order valence-corrected chi connectivity index (χ4v) is 2.41. The summed E-state index contributed by atoms with van der Waals surface area (Å²) < 4.78 is 0. The van der Waals surface area contributed by atoms with E-state index in [0.29, 0.717) is 11.3 Å². The van der Waals surface area contributed by atoms with Gasteiger partial charge >= 0.3 is 0 Å². The lowest BCUT2D eigenvalue weighted by molar-refractivity contribution is -0.112. The summed E-state index contributed by atoms with van der Waals surface area (Å²) in [6.45, 7) is 6.55. The molecule has 0 spiro atoms.